The SMILES string of the molecule is CCCCC[C@H]1c2cccc(O)c2C(O)=C2C(=O)[C@]3(O)C(O)=C(C(N)=O)C(=O)C(N(C)C)[C@@H]3[C@@H](OC(=O)CC)[C@@H]21. The first-order chi connectivity index (χ1) is 18.8. The maximum atomic E-state index is 14.3. The van der Waals surface area contributed by atoms with E-state index in [9.17, 15) is 39.6 Å². The summed E-state index contributed by atoms with van der Waals surface area (Å²) >= 11 is 0. The average Bonchev–Trinajstić information content (AvgIpc) is 2.89. The Kier molecular flexibility index (Phi) is 7.83. The molecule has 216 valence electrons. The van der Waals surface area contributed by atoms with E-state index in [1.807, 2.05) is 6.92 Å². The number of ketones is 2. The summed E-state index contributed by atoms with van der Waals surface area (Å²) < 4.78 is 5.91. The molecular weight excluding hydrogens is 520 g/mol. The number of unbranched alkanes of at least 4 members (excludes halogenated alkanes) is 2. The Labute approximate surface area is 231 Å². The molecule has 3 aliphatic carbocycles. The van der Waals surface area contributed by atoms with Gasteiger partial charge in [0, 0.05) is 17.9 Å². The number of primary amides is 1. The number of aliphatic hydroxyl groups excluding tert-OH is 2. The highest BCUT2D eigenvalue weighted by atomic mass is 16.5. The first kappa shape index (κ1) is 29.3. The van der Waals surface area contributed by atoms with Crippen LogP contribution in [0.25, 0.3) is 5.76 Å². The molecule has 11 heteroatoms. The Morgan fingerprint density at radius 1 is 1.10 bits per heavy atom. The van der Waals surface area contributed by atoms with Gasteiger partial charge in [-0.15, -0.1) is 0 Å². The molecule has 0 spiro atoms. The molecule has 0 aromatic heterocycles. The Morgan fingerprint density at radius 3 is 2.35 bits per heavy atom. The zero-order chi connectivity index (χ0) is 29.7. The van der Waals surface area contributed by atoms with Gasteiger partial charge in [0.15, 0.2) is 11.4 Å². The van der Waals surface area contributed by atoms with Gasteiger partial charge in [0.2, 0.25) is 5.78 Å². The van der Waals surface area contributed by atoms with Crippen molar-refractivity contribution in [2.75, 3.05) is 14.1 Å². The van der Waals surface area contributed by atoms with Gasteiger partial charge in [-0.1, -0.05) is 45.2 Å². The number of esters is 1. The molecular formula is C29H36N2O9. The lowest BCUT2D eigenvalue weighted by Gasteiger charge is -2.55. The number of Topliss-reactive ketones (excluding diaryl/α,β-unsaturated/α-hetero) is 2. The molecule has 1 unspecified atom stereocenters. The summed E-state index contributed by atoms with van der Waals surface area (Å²) in [5.74, 6) is -9.45. The summed E-state index contributed by atoms with van der Waals surface area (Å²) in [7, 11) is 2.98. The molecule has 3 aliphatic rings. The third-order valence-corrected chi connectivity index (χ3v) is 8.44. The van der Waals surface area contributed by atoms with Gasteiger partial charge < -0.3 is 30.9 Å². The van der Waals surface area contributed by atoms with Gasteiger partial charge in [0.05, 0.1) is 17.5 Å². The smallest absolute Gasteiger partial charge is 0.305 e. The zero-order valence-corrected chi connectivity index (χ0v) is 23.0. The van der Waals surface area contributed by atoms with Gasteiger partial charge in [-0.05, 0) is 38.1 Å². The number of carbonyl (C=O) groups excluding carboxylic acids is 4. The van der Waals surface area contributed by atoms with Crippen LogP contribution in [0.15, 0.2) is 35.1 Å². The monoisotopic (exact) mass is 556 g/mol. The molecule has 11 nitrogen and oxygen atoms in total. The molecule has 6 N–H and O–H groups in total. The van der Waals surface area contributed by atoms with Gasteiger partial charge >= 0.3 is 5.97 Å². The highest BCUT2D eigenvalue weighted by Gasteiger charge is 2.69. The number of nitrogens with two attached hydrogens (primary N) is 1. The van der Waals surface area contributed by atoms with Crippen LogP contribution in [0.3, 0.4) is 0 Å². The summed E-state index contributed by atoms with van der Waals surface area (Å²) in [5, 5.41) is 45.5. The van der Waals surface area contributed by atoms with Gasteiger partial charge in [-0.3, -0.25) is 24.1 Å². The average molecular weight is 557 g/mol. The highest BCUT2D eigenvalue weighted by molar-refractivity contribution is 6.24. The van der Waals surface area contributed by atoms with Crippen LogP contribution < -0.4 is 5.73 Å². The molecule has 4 rings (SSSR count). The number of likely N-dealkylation sites (N-methyl/N-ethyl adjacent to an activating group) is 1. The number of phenolic OH excluding ortho intramolecular Hbond substituents is 1. The number of nitrogens with zero attached hydrogens (tertiary/aromatic N) is 1. The van der Waals surface area contributed by atoms with Crippen LogP contribution in [0.4, 0.5) is 0 Å². The maximum Gasteiger partial charge on any atom is 0.305 e. The van der Waals surface area contributed by atoms with Crippen molar-refractivity contribution in [1.82, 2.24) is 4.90 Å². The number of phenols is 1. The number of hydrogen-bond acceptors (Lipinski definition) is 10. The fourth-order valence-corrected chi connectivity index (χ4v) is 6.70. The van der Waals surface area contributed by atoms with E-state index in [0.717, 1.165) is 12.8 Å². The number of rotatable bonds is 8. The van der Waals surface area contributed by atoms with Crippen LogP contribution in [0, 0.1) is 11.8 Å². The molecule has 1 saturated carbocycles. The number of hydrogen-bond donors (Lipinski definition) is 5. The lowest BCUT2D eigenvalue weighted by atomic mass is 9.53. The van der Waals surface area contributed by atoms with E-state index in [2.05, 4.69) is 0 Å². The predicted octanol–water partition coefficient (Wildman–Crippen LogP) is 2.02. The summed E-state index contributed by atoms with van der Waals surface area (Å²) in [6.45, 7) is 3.58. The highest BCUT2D eigenvalue weighted by Crippen LogP contribution is 2.58. The van der Waals surface area contributed by atoms with Crippen molar-refractivity contribution >= 4 is 29.2 Å². The van der Waals surface area contributed by atoms with E-state index in [0.29, 0.717) is 18.4 Å². The maximum absolute atomic E-state index is 14.3. The molecule has 1 amide bonds. The molecule has 1 aromatic carbocycles. The van der Waals surface area contributed by atoms with Crippen molar-refractivity contribution in [3.05, 3.63) is 46.2 Å². The molecule has 0 bridgehead atoms. The van der Waals surface area contributed by atoms with Crippen molar-refractivity contribution in [3.63, 3.8) is 0 Å². The minimum absolute atomic E-state index is 0.000793. The minimum atomic E-state index is -2.94. The van der Waals surface area contributed by atoms with Gasteiger partial charge in [-0.25, -0.2) is 0 Å². The number of aliphatic hydroxyl groups is 3. The first-order valence-electron chi connectivity index (χ1n) is 13.5. The van der Waals surface area contributed by atoms with E-state index in [-0.39, 0.29) is 23.3 Å². The molecule has 0 saturated heterocycles. The predicted molar refractivity (Wildman–Crippen MR) is 143 cm³/mol. The number of ether oxygens (including phenoxy) is 1. The van der Waals surface area contributed by atoms with Crippen LogP contribution >= 0.6 is 0 Å². The molecule has 1 fully saturated rings. The third-order valence-electron chi connectivity index (χ3n) is 8.44. The van der Waals surface area contributed by atoms with Crippen molar-refractivity contribution < 1.29 is 44.3 Å². The van der Waals surface area contributed by atoms with Gasteiger partial charge in [-0.2, -0.15) is 0 Å². The summed E-state index contributed by atoms with van der Waals surface area (Å²) in [6.07, 6.45) is 1.44. The van der Waals surface area contributed by atoms with Crippen LogP contribution in [0.5, 0.6) is 5.75 Å². The fourth-order valence-electron chi connectivity index (χ4n) is 6.70. The Morgan fingerprint density at radius 2 is 1.77 bits per heavy atom. The number of carbonyl (C=O) groups is 4. The molecule has 0 aliphatic heterocycles. The molecule has 0 heterocycles. The fraction of sp³-hybridized carbons (Fsp3) is 0.517. The summed E-state index contributed by atoms with van der Waals surface area (Å²) in [6, 6.07) is 3.27. The number of fused-ring (bicyclic) bond motifs is 3. The first-order valence-corrected chi connectivity index (χ1v) is 13.5. The number of benzene rings is 1. The topological polar surface area (TPSA) is 188 Å². The number of aromatic hydroxyl groups is 1. The normalized spacial score (nSPS) is 29.7. The van der Waals surface area contributed by atoms with Crippen LogP contribution in [-0.4, -0.2) is 80.6 Å². The van der Waals surface area contributed by atoms with Crippen molar-refractivity contribution in [2.24, 2.45) is 17.6 Å². The molecule has 1 aromatic rings. The summed E-state index contributed by atoms with van der Waals surface area (Å²) in [5.41, 5.74) is 1.69. The van der Waals surface area contributed by atoms with Crippen LogP contribution in [0.1, 0.15) is 63.0 Å². The largest absolute Gasteiger partial charge is 0.508 e. The van der Waals surface area contributed by atoms with E-state index in [4.69, 9.17) is 10.5 Å². The Balaban J connectivity index is 2.10. The van der Waals surface area contributed by atoms with Crippen molar-refractivity contribution in [1.29, 1.82) is 0 Å². The Bertz CT molecular complexity index is 1330. The van der Waals surface area contributed by atoms with E-state index >= 15 is 0 Å². The quantitative estimate of drug-likeness (QED) is 0.180. The standard InChI is InChI=1S/C29H36N2O9/c1-5-7-8-10-14-13-11-9-12-15(32)17(13)23(34)19-18(14)25(40-16(33)6-2)21-22(31(3)4)24(35)20(28(30)38)27(37)29(21,39)26(19)36/h9,11-12,14,18,21-22,25,32,34,37,39H,5-8,10H2,1-4H3,(H2,30,38)/t14-,18+,21+,22?,25-,29-/m0/s1. The third kappa shape index (κ3) is 4.19. The van der Waals surface area contributed by atoms with Crippen molar-refractivity contribution in [2.45, 2.75) is 69.6 Å². The minimum Gasteiger partial charge on any atom is -0.508 e. The van der Waals surface area contributed by atoms with E-state index < -0.39 is 76.0 Å². The second-order valence-electron chi connectivity index (χ2n) is 10.9. The molecule has 0 radical (unpaired) electrons. The molecule has 40 heavy (non-hydrogen) atoms. The lowest BCUT2D eigenvalue weighted by Crippen LogP contribution is -2.71. The second kappa shape index (κ2) is 10.7. The van der Waals surface area contributed by atoms with Crippen LogP contribution in [0.2, 0.25) is 0 Å². The molecule has 6 atom stereocenters. The number of amides is 1. The second-order valence-corrected chi connectivity index (χ2v) is 10.9. The lowest BCUT2D eigenvalue weighted by molar-refractivity contribution is -0.185. The van der Waals surface area contributed by atoms with Gasteiger partial charge in [0.25, 0.3) is 5.91 Å². The summed E-state index contributed by atoms with van der Waals surface area (Å²) in [4.78, 5) is 54.4. The van der Waals surface area contributed by atoms with E-state index in [1.54, 1.807) is 19.1 Å². The Hall–Kier alpha value is -3.70. The van der Waals surface area contributed by atoms with Crippen molar-refractivity contribution in [3.8, 4) is 5.75 Å². The zero-order valence-electron chi connectivity index (χ0n) is 23.0. The van der Waals surface area contributed by atoms with E-state index in [1.165, 1.54) is 25.1 Å². The van der Waals surface area contributed by atoms with Crippen LogP contribution in [-0.2, 0) is 23.9 Å². The van der Waals surface area contributed by atoms with Gasteiger partial charge in [0.1, 0.15) is 28.9 Å².